The van der Waals surface area contributed by atoms with Crippen LogP contribution in [0.4, 0.5) is 0 Å². The van der Waals surface area contributed by atoms with E-state index in [-0.39, 0.29) is 5.91 Å². The summed E-state index contributed by atoms with van der Waals surface area (Å²) in [6.07, 6.45) is 0.372. The van der Waals surface area contributed by atoms with Crippen LogP contribution in [0.3, 0.4) is 0 Å². The van der Waals surface area contributed by atoms with Gasteiger partial charge in [-0.3, -0.25) is 9.69 Å². The minimum Gasteiger partial charge on any atom is -0.490 e. The molecule has 2 rings (SSSR count). The van der Waals surface area contributed by atoms with Crippen molar-refractivity contribution in [1.29, 1.82) is 0 Å². The Morgan fingerprint density at radius 2 is 1.65 bits per heavy atom. The van der Waals surface area contributed by atoms with E-state index in [1.807, 2.05) is 30.9 Å². The van der Waals surface area contributed by atoms with Gasteiger partial charge in [0.2, 0.25) is 5.91 Å². The van der Waals surface area contributed by atoms with Gasteiger partial charge < -0.3 is 14.4 Å². The number of carbonyl (C=O) groups excluding carboxylic acids is 1. The lowest BCUT2D eigenvalue weighted by atomic mass is 10.1. The van der Waals surface area contributed by atoms with Crippen molar-refractivity contribution in [2.75, 3.05) is 45.9 Å². The molecular formula is C20H31BrN2O3. The molecule has 0 spiro atoms. The summed E-state index contributed by atoms with van der Waals surface area (Å²) in [6, 6.07) is 3.82. The van der Waals surface area contributed by atoms with E-state index in [2.05, 4.69) is 34.7 Å². The van der Waals surface area contributed by atoms with Crippen molar-refractivity contribution in [2.24, 2.45) is 5.92 Å². The Hall–Kier alpha value is -1.27. The fourth-order valence-electron chi connectivity index (χ4n) is 3.22. The van der Waals surface area contributed by atoms with Crippen molar-refractivity contribution in [1.82, 2.24) is 9.80 Å². The second-order valence-corrected chi connectivity index (χ2v) is 7.86. The molecule has 1 aromatic rings. The van der Waals surface area contributed by atoms with Crippen molar-refractivity contribution >= 4 is 21.8 Å². The fraction of sp³-hybridized carbons (Fsp3) is 0.650. The van der Waals surface area contributed by atoms with Crippen LogP contribution in [0, 0.1) is 5.92 Å². The van der Waals surface area contributed by atoms with Crippen LogP contribution in [0.1, 0.15) is 33.3 Å². The molecule has 1 aromatic carbocycles. The summed E-state index contributed by atoms with van der Waals surface area (Å²) in [4.78, 5) is 17.2. The zero-order valence-corrected chi connectivity index (χ0v) is 18.0. The predicted octanol–water partition coefficient (Wildman–Crippen LogP) is 3.59. The van der Waals surface area contributed by atoms with Crippen molar-refractivity contribution < 1.29 is 14.3 Å². The highest BCUT2D eigenvalue weighted by molar-refractivity contribution is 9.10. The normalized spacial score (nSPS) is 15.4. The average Bonchev–Trinajstić information content (AvgIpc) is 2.59. The maximum atomic E-state index is 12.7. The van der Waals surface area contributed by atoms with Crippen LogP contribution >= 0.6 is 15.9 Å². The van der Waals surface area contributed by atoms with Gasteiger partial charge in [-0.25, -0.2) is 0 Å². The van der Waals surface area contributed by atoms with Gasteiger partial charge in [0.25, 0.3) is 0 Å². The molecule has 0 aromatic heterocycles. The van der Waals surface area contributed by atoms with E-state index in [1.54, 1.807) is 0 Å². The average molecular weight is 427 g/mol. The van der Waals surface area contributed by atoms with Gasteiger partial charge in [-0.1, -0.05) is 29.8 Å². The molecule has 0 saturated carbocycles. The van der Waals surface area contributed by atoms with Crippen molar-refractivity contribution in [3.8, 4) is 11.5 Å². The van der Waals surface area contributed by atoms with Crippen molar-refractivity contribution in [2.45, 2.75) is 34.1 Å². The van der Waals surface area contributed by atoms with Crippen LogP contribution in [0.25, 0.3) is 0 Å². The Bertz CT molecular complexity index is 599. The summed E-state index contributed by atoms with van der Waals surface area (Å²) in [5.41, 5.74) is 0.937. The molecule has 0 bridgehead atoms. The van der Waals surface area contributed by atoms with E-state index in [1.165, 1.54) is 0 Å². The summed E-state index contributed by atoms with van der Waals surface area (Å²) >= 11 is 3.58. The zero-order valence-electron chi connectivity index (χ0n) is 16.4. The number of nitrogens with zero attached hydrogens (tertiary/aromatic N) is 2. The molecule has 0 N–H and O–H groups in total. The molecule has 0 aliphatic carbocycles. The largest absolute Gasteiger partial charge is 0.490 e. The summed E-state index contributed by atoms with van der Waals surface area (Å²) < 4.78 is 12.2. The first-order valence-electron chi connectivity index (χ1n) is 9.52. The van der Waals surface area contributed by atoms with Gasteiger partial charge in [-0.05, 0) is 37.5 Å². The molecule has 1 aliphatic heterocycles. The lowest BCUT2D eigenvalue weighted by Gasteiger charge is -2.35. The first-order valence-corrected chi connectivity index (χ1v) is 10.3. The predicted molar refractivity (Wildman–Crippen MR) is 108 cm³/mol. The minimum absolute atomic E-state index is 0.168. The van der Waals surface area contributed by atoms with E-state index in [9.17, 15) is 4.79 Å². The van der Waals surface area contributed by atoms with Crippen LogP contribution in [0.15, 0.2) is 16.6 Å². The fourth-order valence-corrected chi connectivity index (χ4v) is 3.68. The number of benzene rings is 1. The van der Waals surface area contributed by atoms with Gasteiger partial charge in [0.05, 0.1) is 19.6 Å². The SMILES string of the molecule is CCOc1cc(Br)c(CC(=O)N2CCN(CC(C)C)CC2)cc1OCC. The second kappa shape index (κ2) is 10.2. The molecule has 146 valence electrons. The highest BCUT2D eigenvalue weighted by Gasteiger charge is 2.22. The number of rotatable bonds is 8. The number of ether oxygens (including phenoxy) is 2. The number of hydrogen-bond donors (Lipinski definition) is 0. The van der Waals surface area contributed by atoms with E-state index in [4.69, 9.17) is 9.47 Å². The van der Waals surface area contributed by atoms with E-state index in [0.717, 1.165) is 42.8 Å². The lowest BCUT2D eigenvalue weighted by Crippen LogP contribution is -2.49. The molecule has 26 heavy (non-hydrogen) atoms. The van der Waals surface area contributed by atoms with Gasteiger partial charge in [-0.15, -0.1) is 0 Å². The van der Waals surface area contributed by atoms with E-state index in [0.29, 0.717) is 37.1 Å². The second-order valence-electron chi connectivity index (χ2n) is 7.01. The Labute approximate surface area is 165 Å². The maximum absolute atomic E-state index is 12.7. The van der Waals surface area contributed by atoms with Crippen LogP contribution in [-0.2, 0) is 11.2 Å². The zero-order chi connectivity index (χ0) is 19.1. The van der Waals surface area contributed by atoms with Gasteiger partial charge in [0.15, 0.2) is 11.5 Å². The Morgan fingerprint density at radius 3 is 2.19 bits per heavy atom. The van der Waals surface area contributed by atoms with Crippen LogP contribution in [0.5, 0.6) is 11.5 Å². The van der Waals surface area contributed by atoms with E-state index < -0.39 is 0 Å². The number of piperazine rings is 1. The van der Waals surface area contributed by atoms with Crippen molar-refractivity contribution in [3.05, 3.63) is 22.2 Å². The molecule has 5 nitrogen and oxygen atoms in total. The summed E-state index contributed by atoms with van der Waals surface area (Å²) in [5, 5.41) is 0. The number of carbonyl (C=O) groups is 1. The summed E-state index contributed by atoms with van der Waals surface area (Å²) in [7, 11) is 0. The summed E-state index contributed by atoms with van der Waals surface area (Å²) in [5.74, 6) is 2.23. The van der Waals surface area contributed by atoms with Gasteiger partial charge in [0, 0.05) is 37.2 Å². The van der Waals surface area contributed by atoms with Crippen molar-refractivity contribution in [3.63, 3.8) is 0 Å². The molecular weight excluding hydrogens is 396 g/mol. The monoisotopic (exact) mass is 426 g/mol. The number of halogens is 1. The van der Waals surface area contributed by atoms with E-state index >= 15 is 0 Å². The highest BCUT2D eigenvalue weighted by atomic mass is 79.9. The Kier molecular flexibility index (Phi) is 8.22. The molecule has 0 unspecified atom stereocenters. The summed E-state index contributed by atoms with van der Waals surface area (Å²) in [6.45, 7) is 14.1. The number of amides is 1. The quantitative estimate of drug-likeness (QED) is 0.636. The maximum Gasteiger partial charge on any atom is 0.227 e. The lowest BCUT2D eigenvalue weighted by molar-refractivity contribution is -0.132. The van der Waals surface area contributed by atoms with Crippen LogP contribution < -0.4 is 9.47 Å². The first-order chi connectivity index (χ1) is 12.4. The molecule has 1 fully saturated rings. The number of hydrogen-bond acceptors (Lipinski definition) is 4. The third-order valence-electron chi connectivity index (χ3n) is 4.40. The molecule has 1 amide bonds. The standard InChI is InChI=1S/C20H31BrN2O3/c1-5-25-18-11-16(17(21)13-19(18)26-6-2)12-20(24)23-9-7-22(8-10-23)14-15(3)4/h11,13,15H,5-10,12,14H2,1-4H3. The topological polar surface area (TPSA) is 42.0 Å². The minimum atomic E-state index is 0.168. The molecule has 1 aliphatic rings. The Balaban J connectivity index is 2.01. The molecule has 0 radical (unpaired) electrons. The van der Waals surface area contributed by atoms with Gasteiger partial charge in [0.1, 0.15) is 0 Å². The highest BCUT2D eigenvalue weighted by Crippen LogP contribution is 2.34. The Morgan fingerprint density at radius 1 is 1.08 bits per heavy atom. The van der Waals surface area contributed by atoms with Gasteiger partial charge in [-0.2, -0.15) is 0 Å². The third-order valence-corrected chi connectivity index (χ3v) is 5.14. The molecule has 6 heteroatoms. The van der Waals surface area contributed by atoms with Crippen LogP contribution in [-0.4, -0.2) is 61.6 Å². The molecule has 0 atom stereocenters. The third kappa shape index (κ3) is 5.88. The smallest absolute Gasteiger partial charge is 0.227 e. The molecule has 1 heterocycles. The molecule has 1 saturated heterocycles. The van der Waals surface area contributed by atoms with Crippen LogP contribution in [0.2, 0.25) is 0 Å². The first kappa shape index (κ1) is 21.0. The van der Waals surface area contributed by atoms with Gasteiger partial charge >= 0.3 is 0 Å².